The molecule has 1 amide bonds. The molecule has 1 atom stereocenters. The van der Waals surface area contributed by atoms with Crippen LogP contribution in [-0.4, -0.2) is 65.7 Å². The van der Waals surface area contributed by atoms with E-state index >= 15 is 0 Å². The molecule has 1 N–H and O–H groups in total. The van der Waals surface area contributed by atoms with Gasteiger partial charge in [0.1, 0.15) is 0 Å². The quantitative estimate of drug-likeness (QED) is 0.171. The summed E-state index contributed by atoms with van der Waals surface area (Å²) in [5.41, 5.74) is 0. The molecular formula is C15H21F6NO7S. The number of carbonyl (C=O) groups is 2. The molecular weight excluding hydrogens is 452 g/mol. The molecule has 0 bridgehead atoms. The Morgan fingerprint density at radius 3 is 1.80 bits per heavy atom. The van der Waals surface area contributed by atoms with Crippen LogP contribution in [0, 0.1) is 0 Å². The average Bonchev–Trinajstić information content (AvgIpc) is 2.50. The first-order chi connectivity index (χ1) is 13.2. The first-order valence-electron chi connectivity index (χ1n) is 8.17. The standard InChI is InChI=1S/C15H21F6NO7S/c1-8(2)22(9(3)4)12(24)14(15(19,20)21,29-11(23)10(5)16)28-7-6-13(17,18)30(25,26)27/h8-9H,5-7H2,1-4H3,(H,25,26,27). The number of hydrogen-bond acceptors (Lipinski definition) is 6. The number of rotatable bonds is 10. The third-order valence-electron chi connectivity index (χ3n) is 3.54. The molecule has 0 rings (SSSR count). The summed E-state index contributed by atoms with van der Waals surface area (Å²) in [5.74, 6) is -11.1. The fourth-order valence-corrected chi connectivity index (χ4v) is 2.60. The van der Waals surface area contributed by atoms with E-state index in [9.17, 15) is 44.3 Å². The Morgan fingerprint density at radius 1 is 1.07 bits per heavy atom. The van der Waals surface area contributed by atoms with E-state index in [2.05, 4.69) is 16.1 Å². The van der Waals surface area contributed by atoms with Gasteiger partial charge in [0.2, 0.25) is 5.83 Å². The highest BCUT2D eigenvalue weighted by molar-refractivity contribution is 7.86. The van der Waals surface area contributed by atoms with E-state index in [1.165, 1.54) is 27.7 Å². The number of esters is 1. The summed E-state index contributed by atoms with van der Waals surface area (Å²) in [6.07, 6.45) is -7.96. The predicted molar refractivity (Wildman–Crippen MR) is 89.3 cm³/mol. The number of halogens is 6. The number of carbonyl (C=O) groups excluding carboxylic acids is 2. The van der Waals surface area contributed by atoms with E-state index in [0.29, 0.717) is 4.90 Å². The number of alkyl halides is 5. The lowest BCUT2D eigenvalue weighted by atomic mass is 10.1. The lowest BCUT2D eigenvalue weighted by Crippen LogP contribution is -2.64. The number of amides is 1. The molecule has 0 saturated heterocycles. The van der Waals surface area contributed by atoms with Crippen molar-refractivity contribution in [2.45, 2.75) is 63.4 Å². The molecule has 0 heterocycles. The molecule has 30 heavy (non-hydrogen) atoms. The highest BCUT2D eigenvalue weighted by atomic mass is 32.2. The second-order valence-corrected chi connectivity index (χ2v) is 8.07. The first kappa shape index (κ1) is 28.1. The molecule has 1 unspecified atom stereocenters. The van der Waals surface area contributed by atoms with Crippen molar-refractivity contribution in [3.63, 3.8) is 0 Å². The monoisotopic (exact) mass is 473 g/mol. The van der Waals surface area contributed by atoms with Crippen molar-refractivity contribution in [2.75, 3.05) is 6.61 Å². The minimum Gasteiger partial charge on any atom is -0.410 e. The Hall–Kier alpha value is -1.87. The van der Waals surface area contributed by atoms with Crippen LogP contribution >= 0.6 is 0 Å². The smallest absolute Gasteiger partial charge is 0.410 e. The zero-order valence-corrected chi connectivity index (χ0v) is 17.1. The lowest BCUT2D eigenvalue weighted by Gasteiger charge is -2.40. The van der Waals surface area contributed by atoms with Crippen LogP contribution < -0.4 is 0 Å². The van der Waals surface area contributed by atoms with Crippen LogP contribution in [0.4, 0.5) is 26.3 Å². The minimum absolute atomic E-state index is 0.530. The molecule has 0 saturated carbocycles. The topological polar surface area (TPSA) is 110 Å². The molecule has 15 heteroatoms. The third-order valence-corrected chi connectivity index (χ3v) is 4.49. The second kappa shape index (κ2) is 9.51. The van der Waals surface area contributed by atoms with Gasteiger partial charge in [0.25, 0.3) is 0 Å². The van der Waals surface area contributed by atoms with Gasteiger partial charge in [-0.2, -0.15) is 34.8 Å². The molecule has 0 aromatic carbocycles. The Morgan fingerprint density at radius 2 is 1.50 bits per heavy atom. The maximum absolute atomic E-state index is 13.8. The van der Waals surface area contributed by atoms with Crippen molar-refractivity contribution >= 4 is 22.0 Å². The van der Waals surface area contributed by atoms with Crippen molar-refractivity contribution in [1.82, 2.24) is 4.90 Å². The molecule has 0 spiro atoms. The van der Waals surface area contributed by atoms with Crippen LogP contribution in [0.15, 0.2) is 12.4 Å². The van der Waals surface area contributed by atoms with Crippen LogP contribution in [0.25, 0.3) is 0 Å². The van der Waals surface area contributed by atoms with Crippen LogP contribution in [0.2, 0.25) is 0 Å². The molecule has 0 aliphatic rings. The van der Waals surface area contributed by atoms with Gasteiger partial charge in [-0.15, -0.1) is 0 Å². The average molecular weight is 473 g/mol. The van der Waals surface area contributed by atoms with Gasteiger partial charge < -0.3 is 14.4 Å². The normalized spacial score (nSPS) is 15.1. The SMILES string of the molecule is C=C(F)C(=O)OC(OCCC(F)(F)S(=O)(=O)O)(C(=O)N(C(C)C)C(C)C)C(F)(F)F. The molecule has 8 nitrogen and oxygen atoms in total. The Bertz CT molecular complexity index is 758. The minimum atomic E-state index is -6.03. The molecule has 176 valence electrons. The number of nitrogens with zero attached hydrogens (tertiary/aromatic N) is 1. The summed E-state index contributed by atoms with van der Waals surface area (Å²) in [5, 5.41) is -4.95. The second-order valence-electron chi connectivity index (χ2n) is 6.52. The fraction of sp³-hybridized carbons (Fsp3) is 0.733. The molecule has 0 aliphatic carbocycles. The van der Waals surface area contributed by atoms with Gasteiger partial charge in [0.15, 0.2) is 0 Å². The fourth-order valence-electron chi connectivity index (χ4n) is 2.26. The third kappa shape index (κ3) is 6.31. The van der Waals surface area contributed by atoms with Crippen molar-refractivity contribution in [3.05, 3.63) is 12.4 Å². The summed E-state index contributed by atoms with van der Waals surface area (Å²) in [6.45, 7) is 5.70. The van der Waals surface area contributed by atoms with Gasteiger partial charge in [-0.25, -0.2) is 4.79 Å². The van der Waals surface area contributed by atoms with Gasteiger partial charge in [0, 0.05) is 12.1 Å². The Balaban J connectivity index is 6.36. The van der Waals surface area contributed by atoms with E-state index in [1.54, 1.807) is 0 Å². The highest BCUT2D eigenvalue weighted by Crippen LogP contribution is 2.39. The van der Waals surface area contributed by atoms with E-state index in [0.717, 1.165) is 0 Å². The van der Waals surface area contributed by atoms with Gasteiger partial charge in [-0.3, -0.25) is 9.35 Å². The Kier molecular flexibility index (Phi) is 8.92. The molecule has 0 fully saturated rings. The van der Waals surface area contributed by atoms with Crippen molar-refractivity contribution in [1.29, 1.82) is 0 Å². The van der Waals surface area contributed by atoms with E-state index < -0.39 is 70.2 Å². The number of ether oxygens (including phenoxy) is 2. The van der Waals surface area contributed by atoms with Crippen molar-refractivity contribution in [3.8, 4) is 0 Å². The first-order valence-corrected chi connectivity index (χ1v) is 9.61. The molecule has 0 aromatic heterocycles. The predicted octanol–water partition coefficient (Wildman–Crippen LogP) is 2.80. The highest BCUT2D eigenvalue weighted by Gasteiger charge is 2.68. The van der Waals surface area contributed by atoms with E-state index in [4.69, 9.17) is 4.55 Å². The van der Waals surface area contributed by atoms with Crippen LogP contribution in [0.1, 0.15) is 34.1 Å². The maximum atomic E-state index is 13.8. The van der Waals surface area contributed by atoms with Gasteiger partial charge >= 0.3 is 39.2 Å². The lowest BCUT2D eigenvalue weighted by molar-refractivity contribution is -0.352. The summed E-state index contributed by atoms with van der Waals surface area (Å²) in [4.78, 5) is 24.7. The Labute approximate surface area is 168 Å². The summed E-state index contributed by atoms with van der Waals surface area (Å²) >= 11 is 0. The van der Waals surface area contributed by atoms with Crippen LogP contribution in [0.5, 0.6) is 0 Å². The van der Waals surface area contributed by atoms with Gasteiger partial charge in [-0.05, 0) is 27.7 Å². The van der Waals surface area contributed by atoms with Gasteiger partial charge in [0.05, 0.1) is 13.0 Å². The van der Waals surface area contributed by atoms with Crippen LogP contribution in [0.3, 0.4) is 0 Å². The van der Waals surface area contributed by atoms with Crippen molar-refractivity contribution < 1.29 is 58.4 Å². The molecule has 0 aromatic rings. The van der Waals surface area contributed by atoms with Crippen LogP contribution in [-0.2, 0) is 29.2 Å². The van der Waals surface area contributed by atoms with E-state index in [-0.39, 0.29) is 0 Å². The van der Waals surface area contributed by atoms with Gasteiger partial charge in [-0.1, -0.05) is 6.58 Å². The maximum Gasteiger partial charge on any atom is 0.466 e. The zero-order chi connectivity index (χ0) is 24.3. The summed E-state index contributed by atoms with van der Waals surface area (Å²) < 4.78 is 119. The molecule has 0 radical (unpaired) electrons. The van der Waals surface area contributed by atoms with E-state index in [1.807, 2.05) is 0 Å². The largest absolute Gasteiger partial charge is 0.466 e. The molecule has 0 aliphatic heterocycles. The number of hydrogen-bond donors (Lipinski definition) is 1. The van der Waals surface area contributed by atoms with Crippen molar-refractivity contribution in [2.24, 2.45) is 0 Å². The summed E-state index contributed by atoms with van der Waals surface area (Å²) in [7, 11) is -6.03. The zero-order valence-electron chi connectivity index (χ0n) is 16.3. The summed E-state index contributed by atoms with van der Waals surface area (Å²) in [6, 6.07) is -1.90.